The highest BCUT2D eigenvalue weighted by molar-refractivity contribution is 5.89. The molecular formula is C14H18FN3O3. The molecule has 1 atom stereocenters. The van der Waals surface area contributed by atoms with E-state index in [1.807, 2.05) is 4.90 Å². The van der Waals surface area contributed by atoms with Crippen LogP contribution in [0.15, 0.2) is 24.3 Å². The van der Waals surface area contributed by atoms with Crippen molar-refractivity contribution in [1.29, 1.82) is 0 Å². The molecule has 1 saturated heterocycles. The quantitative estimate of drug-likeness (QED) is 0.885. The van der Waals surface area contributed by atoms with Crippen LogP contribution in [-0.4, -0.2) is 59.1 Å². The van der Waals surface area contributed by atoms with Crippen LogP contribution in [0.3, 0.4) is 0 Å². The third kappa shape index (κ3) is 3.91. The molecule has 2 amide bonds. The van der Waals surface area contributed by atoms with Gasteiger partial charge in [0.25, 0.3) is 0 Å². The normalized spacial score (nSPS) is 17.3. The van der Waals surface area contributed by atoms with Gasteiger partial charge in [-0.15, -0.1) is 0 Å². The SMILES string of the molecule is CC(C(=O)O)N1CCN(C(=O)Nc2cccc(F)c2)CC1. The van der Waals surface area contributed by atoms with Gasteiger partial charge in [0.1, 0.15) is 11.9 Å². The molecular weight excluding hydrogens is 277 g/mol. The second kappa shape index (κ2) is 6.53. The molecule has 0 bridgehead atoms. The molecule has 21 heavy (non-hydrogen) atoms. The van der Waals surface area contributed by atoms with Gasteiger partial charge in [-0.25, -0.2) is 9.18 Å². The number of benzene rings is 1. The molecule has 0 spiro atoms. The van der Waals surface area contributed by atoms with Crippen LogP contribution in [0.2, 0.25) is 0 Å². The smallest absolute Gasteiger partial charge is 0.321 e. The molecule has 114 valence electrons. The van der Waals surface area contributed by atoms with Crippen LogP contribution in [0.25, 0.3) is 0 Å². The van der Waals surface area contributed by atoms with E-state index in [0.717, 1.165) is 0 Å². The Morgan fingerprint density at radius 3 is 2.52 bits per heavy atom. The summed E-state index contributed by atoms with van der Waals surface area (Å²) in [5, 5.41) is 11.6. The fraction of sp³-hybridized carbons (Fsp3) is 0.429. The first kappa shape index (κ1) is 15.2. The number of nitrogens with zero attached hydrogens (tertiary/aromatic N) is 2. The highest BCUT2D eigenvalue weighted by Gasteiger charge is 2.27. The van der Waals surface area contributed by atoms with Crippen molar-refractivity contribution in [2.75, 3.05) is 31.5 Å². The number of carboxylic acids is 1. The van der Waals surface area contributed by atoms with Crippen LogP contribution >= 0.6 is 0 Å². The van der Waals surface area contributed by atoms with Crippen molar-refractivity contribution in [2.45, 2.75) is 13.0 Å². The van der Waals surface area contributed by atoms with Crippen LogP contribution in [-0.2, 0) is 4.79 Å². The molecule has 0 aromatic heterocycles. The first-order valence-corrected chi connectivity index (χ1v) is 6.75. The van der Waals surface area contributed by atoms with E-state index in [2.05, 4.69) is 5.32 Å². The summed E-state index contributed by atoms with van der Waals surface area (Å²) in [5.41, 5.74) is 0.404. The predicted molar refractivity (Wildman–Crippen MR) is 75.7 cm³/mol. The molecule has 2 rings (SSSR count). The number of halogens is 1. The zero-order valence-electron chi connectivity index (χ0n) is 11.8. The molecule has 7 heteroatoms. The van der Waals surface area contributed by atoms with Gasteiger partial charge >= 0.3 is 12.0 Å². The van der Waals surface area contributed by atoms with Crippen molar-refractivity contribution < 1.29 is 19.1 Å². The molecule has 0 saturated carbocycles. The summed E-state index contributed by atoms with van der Waals surface area (Å²) in [6.45, 7) is 3.52. The van der Waals surface area contributed by atoms with Gasteiger partial charge in [-0.1, -0.05) is 6.07 Å². The number of amides is 2. The summed E-state index contributed by atoms with van der Waals surface area (Å²) in [7, 11) is 0. The first-order valence-electron chi connectivity index (χ1n) is 6.75. The molecule has 1 aliphatic heterocycles. The molecule has 1 heterocycles. The largest absolute Gasteiger partial charge is 0.480 e. The number of urea groups is 1. The number of anilines is 1. The number of rotatable bonds is 3. The summed E-state index contributed by atoms with van der Waals surface area (Å²) < 4.78 is 13.0. The molecule has 1 aromatic rings. The zero-order valence-corrected chi connectivity index (χ0v) is 11.8. The standard InChI is InChI=1S/C14H18FN3O3/c1-10(13(19)20)17-5-7-18(8-6-17)14(21)16-12-4-2-3-11(15)9-12/h2-4,9-10H,5-8H2,1H3,(H,16,21)(H,19,20). The van der Waals surface area contributed by atoms with E-state index in [4.69, 9.17) is 5.11 Å². The Hall–Kier alpha value is -2.15. The maximum Gasteiger partial charge on any atom is 0.321 e. The zero-order chi connectivity index (χ0) is 15.4. The fourth-order valence-electron chi connectivity index (χ4n) is 2.24. The number of nitrogens with one attached hydrogen (secondary N) is 1. The van der Waals surface area contributed by atoms with Gasteiger partial charge in [0.2, 0.25) is 0 Å². The minimum Gasteiger partial charge on any atom is -0.480 e. The van der Waals surface area contributed by atoms with Gasteiger partial charge in [-0.3, -0.25) is 9.69 Å². The lowest BCUT2D eigenvalue weighted by Gasteiger charge is -2.36. The number of carbonyl (C=O) groups excluding carboxylic acids is 1. The Labute approximate surface area is 122 Å². The maximum atomic E-state index is 13.0. The summed E-state index contributed by atoms with van der Waals surface area (Å²) in [4.78, 5) is 26.4. The van der Waals surface area contributed by atoms with E-state index in [-0.39, 0.29) is 6.03 Å². The average Bonchev–Trinajstić information content (AvgIpc) is 2.46. The minimum atomic E-state index is -0.868. The van der Waals surface area contributed by atoms with Crippen LogP contribution in [0.4, 0.5) is 14.9 Å². The Morgan fingerprint density at radius 2 is 1.95 bits per heavy atom. The van der Waals surface area contributed by atoms with E-state index in [1.54, 1.807) is 17.9 Å². The van der Waals surface area contributed by atoms with Crippen LogP contribution in [0.1, 0.15) is 6.92 Å². The highest BCUT2D eigenvalue weighted by Crippen LogP contribution is 2.12. The number of piperazine rings is 1. The van der Waals surface area contributed by atoms with E-state index in [1.165, 1.54) is 18.2 Å². The lowest BCUT2D eigenvalue weighted by Crippen LogP contribution is -2.53. The van der Waals surface area contributed by atoms with Crippen molar-refractivity contribution in [3.63, 3.8) is 0 Å². The first-order chi connectivity index (χ1) is 9.97. The second-order valence-corrected chi connectivity index (χ2v) is 4.98. The van der Waals surface area contributed by atoms with Crippen molar-refractivity contribution in [3.05, 3.63) is 30.1 Å². The molecule has 1 aliphatic rings. The number of carboxylic acid groups (broad SMARTS) is 1. The molecule has 1 fully saturated rings. The van der Waals surface area contributed by atoms with Crippen molar-refractivity contribution in [1.82, 2.24) is 9.80 Å². The number of hydrogen-bond acceptors (Lipinski definition) is 3. The maximum absolute atomic E-state index is 13.0. The topological polar surface area (TPSA) is 72.9 Å². The Kier molecular flexibility index (Phi) is 4.74. The van der Waals surface area contributed by atoms with Gasteiger partial charge < -0.3 is 15.3 Å². The van der Waals surface area contributed by atoms with Crippen molar-refractivity contribution in [3.8, 4) is 0 Å². The molecule has 0 radical (unpaired) electrons. The monoisotopic (exact) mass is 295 g/mol. The lowest BCUT2D eigenvalue weighted by molar-refractivity contribution is -0.143. The number of carbonyl (C=O) groups is 2. The van der Waals surface area contributed by atoms with E-state index in [9.17, 15) is 14.0 Å². The minimum absolute atomic E-state index is 0.303. The van der Waals surface area contributed by atoms with Crippen LogP contribution in [0, 0.1) is 5.82 Å². The fourth-order valence-corrected chi connectivity index (χ4v) is 2.24. The summed E-state index contributed by atoms with van der Waals surface area (Å²) in [6.07, 6.45) is 0. The van der Waals surface area contributed by atoms with Gasteiger partial charge in [-0.05, 0) is 25.1 Å². The van der Waals surface area contributed by atoms with Gasteiger partial charge in [-0.2, -0.15) is 0 Å². The third-order valence-corrected chi connectivity index (χ3v) is 3.58. The summed E-state index contributed by atoms with van der Waals surface area (Å²) >= 11 is 0. The molecule has 0 aliphatic carbocycles. The van der Waals surface area contributed by atoms with Gasteiger partial charge in [0, 0.05) is 31.9 Å². The molecule has 6 nitrogen and oxygen atoms in total. The van der Waals surface area contributed by atoms with Crippen LogP contribution < -0.4 is 5.32 Å². The lowest BCUT2D eigenvalue weighted by atomic mass is 10.2. The summed E-state index contributed by atoms with van der Waals surface area (Å²) in [6, 6.07) is 4.84. The summed E-state index contributed by atoms with van der Waals surface area (Å²) in [5.74, 6) is -1.28. The van der Waals surface area contributed by atoms with Crippen molar-refractivity contribution in [2.24, 2.45) is 0 Å². The van der Waals surface area contributed by atoms with E-state index >= 15 is 0 Å². The van der Waals surface area contributed by atoms with Gasteiger partial charge in [0.05, 0.1) is 0 Å². The predicted octanol–water partition coefficient (Wildman–Crippen LogP) is 1.45. The number of aliphatic carboxylic acids is 1. The van der Waals surface area contributed by atoms with E-state index in [0.29, 0.717) is 31.9 Å². The Bertz CT molecular complexity index is 530. The van der Waals surface area contributed by atoms with Crippen molar-refractivity contribution >= 4 is 17.7 Å². The van der Waals surface area contributed by atoms with Crippen LogP contribution in [0.5, 0.6) is 0 Å². The van der Waals surface area contributed by atoms with E-state index < -0.39 is 17.8 Å². The Morgan fingerprint density at radius 1 is 1.29 bits per heavy atom. The average molecular weight is 295 g/mol. The third-order valence-electron chi connectivity index (χ3n) is 3.58. The molecule has 1 unspecified atom stereocenters. The number of hydrogen-bond donors (Lipinski definition) is 2. The molecule has 1 aromatic carbocycles. The highest BCUT2D eigenvalue weighted by atomic mass is 19.1. The molecule has 2 N–H and O–H groups in total. The van der Waals surface area contributed by atoms with Gasteiger partial charge in [0.15, 0.2) is 0 Å². The second-order valence-electron chi connectivity index (χ2n) is 4.98. The Balaban J connectivity index is 1.87.